The van der Waals surface area contributed by atoms with E-state index in [0.29, 0.717) is 11.2 Å². The van der Waals surface area contributed by atoms with Gasteiger partial charge in [0, 0.05) is 0 Å². The van der Waals surface area contributed by atoms with Gasteiger partial charge in [-0.1, -0.05) is 0 Å². The maximum atomic E-state index is 11.8. The van der Waals surface area contributed by atoms with Crippen molar-refractivity contribution in [2.75, 3.05) is 18.9 Å². The SMILES string of the molecule is CCOC(=O)CC(CC(=O)OCC)n1cnc2c(N)ncnc21. The molecule has 0 aliphatic heterocycles. The van der Waals surface area contributed by atoms with Gasteiger partial charge in [-0.05, 0) is 13.8 Å². The topological polar surface area (TPSA) is 122 Å². The number of nitrogen functional groups attached to an aromatic ring is 1. The molecule has 2 aromatic rings. The molecule has 2 rings (SSSR count). The quantitative estimate of drug-likeness (QED) is 0.745. The zero-order chi connectivity index (χ0) is 16.8. The largest absolute Gasteiger partial charge is 0.466 e. The molecular formula is C14H19N5O4. The van der Waals surface area contributed by atoms with Gasteiger partial charge in [-0.2, -0.15) is 0 Å². The maximum absolute atomic E-state index is 11.8. The molecule has 124 valence electrons. The van der Waals surface area contributed by atoms with Crippen molar-refractivity contribution in [3.05, 3.63) is 12.7 Å². The van der Waals surface area contributed by atoms with Crippen LogP contribution in [0.25, 0.3) is 11.2 Å². The fourth-order valence-corrected chi connectivity index (χ4v) is 2.23. The highest BCUT2D eigenvalue weighted by Crippen LogP contribution is 2.24. The molecule has 0 fully saturated rings. The molecule has 0 unspecified atom stereocenters. The number of hydrogen-bond donors (Lipinski definition) is 1. The van der Waals surface area contributed by atoms with Crippen molar-refractivity contribution in [2.24, 2.45) is 0 Å². The van der Waals surface area contributed by atoms with E-state index in [-0.39, 0.29) is 31.9 Å². The molecule has 2 heterocycles. The Kier molecular flexibility index (Phi) is 5.45. The lowest BCUT2D eigenvalue weighted by Gasteiger charge is -2.17. The van der Waals surface area contributed by atoms with Gasteiger partial charge in [0.2, 0.25) is 0 Å². The summed E-state index contributed by atoms with van der Waals surface area (Å²) in [6, 6.07) is -0.521. The molecule has 0 amide bonds. The van der Waals surface area contributed by atoms with Crippen molar-refractivity contribution < 1.29 is 19.1 Å². The number of carbonyl (C=O) groups excluding carboxylic acids is 2. The lowest BCUT2D eigenvalue weighted by atomic mass is 10.1. The summed E-state index contributed by atoms with van der Waals surface area (Å²) < 4.78 is 11.6. The first-order valence-electron chi connectivity index (χ1n) is 7.31. The molecule has 0 spiro atoms. The Labute approximate surface area is 132 Å². The number of hydrogen-bond acceptors (Lipinski definition) is 8. The number of ether oxygens (including phenoxy) is 2. The Morgan fingerprint density at radius 2 is 1.74 bits per heavy atom. The van der Waals surface area contributed by atoms with E-state index in [9.17, 15) is 9.59 Å². The van der Waals surface area contributed by atoms with Crippen LogP contribution < -0.4 is 5.73 Å². The molecule has 23 heavy (non-hydrogen) atoms. The van der Waals surface area contributed by atoms with Crippen LogP contribution in [0.3, 0.4) is 0 Å². The minimum atomic E-state index is -0.521. The standard InChI is InChI=1S/C14H19N5O4/c1-3-22-10(20)5-9(6-11(21)23-4-2)19-8-18-12-13(15)16-7-17-14(12)19/h7-9H,3-6H2,1-2H3,(H2,15,16,17). The second-order valence-corrected chi connectivity index (χ2v) is 4.76. The molecule has 0 aromatic carbocycles. The highest BCUT2D eigenvalue weighted by Gasteiger charge is 2.23. The number of nitrogens with zero attached hydrogens (tertiary/aromatic N) is 4. The van der Waals surface area contributed by atoms with Gasteiger partial charge in [-0.3, -0.25) is 9.59 Å². The Morgan fingerprint density at radius 3 is 2.30 bits per heavy atom. The van der Waals surface area contributed by atoms with E-state index < -0.39 is 18.0 Å². The second-order valence-electron chi connectivity index (χ2n) is 4.76. The molecule has 2 N–H and O–H groups in total. The number of anilines is 1. The summed E-state index contributed by atoms with van der Waals surface area (Å²) in [7, 11) is 0. The summed E-state index contributed by atoms with van der Waals surface area (Å²) in [4.78, 5) is 35.8. The van der Waals surface area contributed by atoms with Crippen molar-refractivity contribution in [1.29, 1.82) is 0 Å². The summed E-state index contributed by atoms with van der Waals surface area (Å²) in [6.45, 7) is 3.98. The number of esters is 2. The fourth-order valence-electron chi connectivity index (χ4n) is 2.23. The van der Waals surface area contributed by atoms with Gasteiger partial charge < -0.3 is 19.8 Å². The van der Waals surface area contributed by atoms with Crippen LogP contribution >= 0.6 is 0 Å². The van der Waals surface area contributed by atoms with Crippen LogP contribution in [0.15, 0.2) is 12.7 Å². The average Bonchev–Trinajstić information content (AvgIpc) is 2.92. The molecule has 0 saturated heterocycles. The second kappa shape index (κ2) is 7.52. The van der Waals surface area contributed by atoms with Crippen LogP contribution in [-0.2, 0) is 19.1 Å². The zero-order valence-electron chi connectivity index (χ0n) is 13.1. The summed E-state index contributed by atoms with van der Waals surface area (Å²) in [5, 5.41) is 0. The van der Waals surface area contributed by atoms with Crippen molar-refractivity contribution in [1.82, 2.24) is 19.5 Å². The maximum Gasteiger partial charge on any atom is 0.307 e. The number of rotatable bonds is 7. The average molecular weight is 321 g/mol. The Hall–Kier alpha value is -2.71. The van der Waals surface area contributed by atoms with Gasteiger partial charge >= 0.3 is 11.9 Å². The molecular weight excluding hydrogens is 302 g/mol. The van der Waals surface area contributed by atoms with Crippen LogP contribution in [0.4, 0.5) is 5.82 Å². The minimum absolute atomic E-state index is 0.00201. The number of nitrogens with two attached hydrogens (primary N) is 1. The van der Waals surface area contributed by atoms with E-state index in [4.69, 9.17) is 15.2 Å². The van der Waals surface area contributed by atoms with E-state index in [2.05, 4.69) is 15.0 Å². The van der Waals surface area contributed by atoms with Crippen molar-refractivity contribution in [3.8, 4) is 0 Å². The van der Waals surface area contributed by atoms with E-state index in [1.165, 1.54) is 12.7 Å². The van der Waals surface area contributed by atoms with Gasteiger partial charge in [-0.15, -0.1) is 0 Å². The van der Waals surface area contributed by atoms with Gasteiger partial charge in [0.1, 0.15) is 11.8 Å². The van der Waals surface area contributed by atoms with E-state index in [1.54, 1.807) is 18.4 Å². The molecule has 2 aromatic heterocycles. The van der Waals surface area contributed by atoms with Crippen LogP contribution in [0.5, 0.6) is 0 Å². The van der Waals surface area contributed by atoms with Crippen LogP contribution in [-0.4, -0.2) is 44.7 Å². The van der Waals surface area contributed by atoms with Gasteiger partial charge in [0.25, 0.3) is 0 Å². The van der Waals surface area contributed by atoms with E-state index >= 15 is 0 Å². The predicted octanol–water partition coefficient (Wildman–Crippen LogP) is 0.856. The molecule has 0 saturated carbocycles. The van der Waals surface area contributed by atoms with Crippen LogP contribution in [0.2, 0.25) is 0 Å². The number of aromatic nitrogens is 4. The molecule has 9 heteroatoms. The fraction of sp³-hybridized carbons (Fsp3) is 0.500. The first-order chi connectivity index (χ1) is 11.1. The molecule has 9 nitrogen and oxygen atoms in total. The first kappa shape index (κ1) is 16.7. The molecule has 0 atom stereocenters. The van der Waals surface area contributed by atoms with Gasteiger partial charge in [-0.25, -0.2) is 15.0 Å². The number of carbonyl (C=O) groups is 2. The Morgan fingerprint density at radius 1 is 1.13 bits per heavy atom. The van der Waals surface area contributed by atoms with E-state index in [1.807, 2.05) is 0 Å². The minimum Gasteiger partial charge on any atom is -0.466 e. The number of fused-ring (bicyclic) bond motifs is 1. The monoisotopic (exact) mass is 321 g/mol. The summed E-state index contributed by atoms with van der Waals surface area (Å²) in [6.07, 6.45) is 2.80. The summed E-state index contributed by atoms with van der Waals surface area (Å²) >= 11 is 0. The normalized spacial score (nSPS) is 10.9. The molecule has 0 bridgehead atoms. The summed E-state index contributed by atoms with van der Waals surface area (Å²) in [5.74, 6) is -0.587. The van der Waals surface area contributed by atoms with E-state index in [0.717, 1.165) is 0 Å². The third kappa shape index (κ3) is 3.93. The third-order valence-electron chi connectivity index (χ3n) is 3.20. The van der Waals surface area contributed by atoms with Crippen LogP contribution in [0.1, 0.15) is 32.7 Å². The van der Waals surface area contributed by atoms with Crippen molar-refractivity contribution >= 4 is 28.9 Å². The Bertz CT molecular complexity index is 680. The third-order valence-corrected chi connectivity index (χ3v) is 3.20. The molecule has 0 aliphatic carbocycles. The smallest absolute Gasteiger partial charge is 0.307 e. The first-order valence-corrected chi connectivity index (χ1v) is 7.31. The number of imidazole rings is 1. The predicted molar refractivity (Wildman–Crippen MR) is 81.3 cm³/mol. The van der Waals surface area contributed by atoms with Gasteiger partial charge in [0.15, 0.2) is 11.5 Å². The summed E-state index contributed by atoms with van der Waals surface area (Å²) in [5.41, 5.74) is 6.63. The van der Waals surface area contributed by atoms with Gasteiger partial charge in [0.05, 0.1) is 38.4 Å². The molecule has 0 radical (unpaired) electrons. The van der Waals surface area contributed by atoms with Crippen molar-refractivity contribution in [3.63, 3.8) is 0 Å². The highest BCUT2D eigenvalue weighted by molar-refractivity contribution is 5.82. The lowest BCUT2D eigenvalue weighted by Crippen LogP contribution is -2.20. The molecule has 0 aliphatic rings. The van der Waals surface area contributed by atoms with Crippen molar-refractivity contribution in [2.45, 2.75) is 32.7 Å². The van der Waals surface area contributed by atoms with Crippen LogP contribution in [0, 0.1) is 0 Å². The zero-order valence-corrected chi connectivity index (χ0v) is 13.1. The lowest BCUT2D eigenvalue weighted by molar-refractivity contribution is -0.146. The highest BCUT2D eigenvalue weighted by atomic mass is 16.5. The Balaban J connectivity index is 2.32.